The van der Waals surface area contributed by atoms with Gasteiger partial charge in [-0.05, 0) is 68.5 Å². The lowest BCUT2D eigenvalue weighted by Gasteiger charge is -2.38. The molecule has 8 heteroatoms. The molecule has 0 bridgehead atoms. The topological polar surface area (TPSA) is 103 Å². The summed E-state index contributed by atoms with van der Waals surface area (Å²) in [6.07, 6.45) is 12.9. The molecule has 1 aromatic heterocycles. The van der Waals surface area contributed by atoms with E-state index >= 15 is 0 Å². The van der Waals surface area contributed by atoms with Crippen LogP contribution in [-0.4, -0.2) is 45.7 Å². The van der Waals surface area contributed by atoms with Crippen molar-refractivity contribution >= 4 is 23.1 Å². The van der Waals surface area contributed by atoms with E-state index in [1.165, 1.54) is 6.07 Å². The van der Waals surface area contributed by atoms with Crippen LogP contribution in [0.2, 0.25) is 5.02 Å². The van der Waals surface area contributed by atoms with Gasteiger partial charge in [-0.2, -0.15) is 0 Å². The fourth-order valence-electron chi connectivity index (χ4n) is 5.55. The van der Waals surface area contributed by atoms with Gasteiger partial charge in [-0.25, -0.2) is 0 Å². The maximum atomic E-state index is 13.0. The fraction of sp³-hybridized carbons (Fsp3) is 0.355. The Hall–Kier alpha value is -3.39. The predicted octanol–water partition coefficient (Wildman–Crippen LogP) is 5.28. The van der Waals surface area contributed by atoms with E-state index in [9.17, 15) is 19.8 Å². The predicted molar refractivity (Wildman–Crippen MR) is 152 cm³/mol. The number of hydrogen-bond acceptors (Lipinski definition) is 5. The zero-order valence-electron chi connectivity index (χ0n) is 22.1. The molecular formula is C31H33ClN2O5. The van der Waals surface area contributed by atoms with Gasteiger partial charge in [0, 0.05) is 48.4 Å². The minimum atomic E-state index is -1.08. The van der Waals surface area contributed by atoms with Crippen LogP contribution in [-0.2, 0) is 10.4 Å². The fourth-order valence-corrected chi connectivity index (χ4v) is 5.67. The second kappa shape index (κ2) is 10.6. The van der Waals surface area contributed by atoms with Gasteiger partial charge in [0.1, 0.15) is 5.76 Å². The Labute approximate surface area is 232 Å². The maximum absolute atomic E-state index is 13.0. The molecule has 1 aliphatic carbocycles. The molecule has 1 unspecified atom stereocenters. The summed E-state index contributed by atoms with van der Waals surface area (Å²) in [4.78, 5) is 30.4. The summed E-state index contributed by atoms with van der Waals surface area (Å²) in [6, 6.07) is 8.87. The molecule has 39 heavy (non-hydrogen) atoms. The molecule has 2 aliphatic heterocycles. The largest absolute Gasteiger partial charge is 0.481 e. The van der Waals surface area contributed by atoms with Gasteiger partial charge in [-0.1, -0.05) is 42.0 Å². The number of likely N-dealkylation sites (tertiary alicyclic amines) is 1. The number of benzene rings is 1. The quantitative estimate of drug-likeness (QED) is 0.453. The second-order valence-corrected chi connectivity index (χ2v) is 11.4. The van der Waals surface area contributed by atoms with E-state index in [2.05, 4.69) is 9.88 Å². The minimum absolute atomic E-state index is 0.167. The SMILES string of the molecule is CC(C)(C(=O)O)C1C=CC=C2Oc3[nH]ccc(=O)c3C(=CCCN3CCC(O)(c4ccc(Cl)cc4)CC3)C=C21. The average Bonchev–Trinajstić information content (AvgIpc) is 3.07. The van der Waals surface area contributed by atoms with Gasteiger partial charge >= 0.3 is 5.97 Å². The number of carboxylic acids is 1. The summed E-state index contributed by atoms with van der Waals surface area (Å²) >= 11 is 6.01. The van der Waals surface area contributed by atoms with Crippen LogP contribution < -0.4 is 10.2 Å². The molecular weight excluding hydrogens is 516 g/mol. The van der Waals surface area contributed by atoms with Crippen LogP contribution in [0.5, 0.6) is 5.88 Å². The molecule has 2 aromatic rings. The van der Waals surface area contributed by atoms with Crippen molar-refractivity contribution in [3.8, 4) is 5.88 Å². The number of ether oxygens (including phenoxy) is 1. The van der Waals surface area contributed by atoms with E-state index in [1.807, 2.05) is 42.5 Å². The first-order valence-electron chi connectivity index (χ1n) is 13.2. The van der Waals surface area contributed by atoms with E-state index in [4.69, 9.17) is 16.3 Å². The zero-order chi connectivity index (χ0) is 27.8. The lowest BCUT2D eigenvalue weighted by atomic mass is 9.72. The number of allylic oxidation sites excluding steroid dienone is 6. The standard InChI is InChI=1S/C31H33ClN2O5/c1-30(2,29(36)37)24-6-3-7-26-23(24)19-20(27-25(35)12-15-33-28(27)39-26)5-4-16-34-17-13-31(38,14-18-34)21-8-10-22(32)11-9-21/h3,5-12,15,19,24,38H,4,13-14,16-18H2,1-2H3,(H,33,35)(H,36,37). The van der Waals surface area contributed by atoms with Gasteiger partial charge in [-0.15, -0.1) is 0 Å². The number of aromatic amines is 1. The van der Waals surface area contributed by atoms with Crippen molar-refractivity contribution in [2.24, 2.45) is 11.3 Å². The highest BCUT2D eigenvalue weighted by Crippen LogP contribution is 2.43. The van der Waals surface area contributed by atoms with Crippen molar-refractivity contribution in [2.75, 3.05) is 19.6 Å². The van der Waals surface area contributed by atoms with Crippen molar-refractivity contribution in [1.82, 2.24) is 9.88 Å². The molecule has 1 fully saturated rings. The maximum Gasteiger partial charge on any atom is 0.310 e. The first-order chi connectivity index (χ1) is 18.6. The summed E-state index contributed by atoms with van der Waals surface area (Å²) in [7, 11) is 0. The van der Waals surface area contributed by atoms with E-state index in [1.54, 1.807) is 32.2 Å². The number of nitrogens with zero attached hydrogens (tertiary/aromatic N) is 1. The van der Waals surface area contributed by atoms with Gasteiger partial charge in [0.15, 0.2) is 5.43 Å². The number of aliphatic hydroxyl groups is 1. The third kappa shape index (κ3) is 5.39. The molecule has 7 nitrogen and oxygen atoms in total. The van der Waals surface area contributed by atoms with Gasteiger partial charge in [0.2, 0.25) is 5.88 Å². The number of aromatic nitrogens is 1. The summed E-state index contributed by atoms with van der Waals surface area (Å²) in [6.45, 7) is 5.65. The van der Waals surface area contributed by atoms with Crippen LogP contribution >= 0.6 is 11.6 Å². The Bertz CT molecular complexity index is 1440. The monoisotopic (exact) mass is 548 g/mol. The summed E-state index contributed by atoms with van der Waals surface area (Å²) in [5, 5.41) is 21.8. The number of H-pyrrole nitrogens is 1. The number of piperidine rings is 1. The van der Waals surface area contributed by atoms with E-state index in [0.717, 1.165) is 30.8 Å². The minimum Gasteiger partial charge on any atom is -0.481 e. The van der Waals surface area contributed by atoms with Crippen LogP contribution in [0, 0.1) is 11.3 Å². The Morgan fingerprint density at radius 1 is 1.23 bits per heavy atom. The number of pyridine rings is 1. The van der Waals surface area contributed by atoms with E-state index < -0.39 is 22.9 Å². The summed E-state index contributed by atoms with van der Waals surface area (Å²) in [5.41, 5.74) is 0.650. The second-order valence-electron chi connectivity index (χ2n) is 11.0. The number of halogens is 1. The molecule has 204 valence electrons. The number of fused-ring (bicyclic) bond motifs is 2. The van der Waals surface area contributed by atoms with Crippen LogP contribution in [0.15, 0.2) is 83.0 Å². The molecule has 1 atom stereocenters. The van der Waals surface area contributed by atoms with Gasteiger partial charge in [-0.3, -0.25) is 9.59 Å². The van der Waals surface area contributed by atoms with Gasteiger partial charge in [0.25, 0.3) is 0 Å². The van der Waals surface area contributed by atoms with Gasteiger partial charge in [0.05, 0.1) is 16.6 Å². The van der Waals surface area contributed by atoms with Crippen molar-refractivity contribution in [3.05, 3.63) is 105 Å². The zero-order valence-corrected chi connectivity index (χ0v) is 22.9. The lowest BCUT2D eigenvalue weighted by molar-refractivity contribution is -0.148. The molecule has 5 rings (SSSR count). The Balaban J connectivity index is 1.37. The highest BCUT2D eigenvalue weighted by molar-refractivity contribution is 6.30. The number of rotatable bonds is 6. The first-order valence-corrected chi connectivity index (χ1v) is 13.6. The van der Waals surface area contributed by atoms with Crippen LogP contribution in [0.4, 0.5) is 0 Å². The van der Waals surface area contributed by atoms with Crippen LogP contribution in [0.1, 0.15) is 44.2 Å². The highest BCUT2D eigenvalue weighted by atomic mass is 35.5. The molecule has 3 N–H and O–H groups in total. The summed E-state index contributed by atoms with van der Waals surface area (Å²) < 4.78 is 6.15. The molecule has 1 aromatic carbocycles. The summed E-state index contributed by atoms with van der Waals surface area (Å²) in [5.74, 6) is -0.470. The molecule has 3 heterocycles. The molecule has 0 saturated carbocycles. The molecule has 0 radical (unpaired) electrons. The smallest absolute Gasteiger partial charge is 0.310 e. The third-order valence-corrected chi connectivity index (χ3v) is 8.36. The third-order valence-electron chi connectivity index (χ3n) is 8.11. The lowest BCUT2D eigenvalue weighted by Crippen LogP contribution is -2.42. The number of nitrogens with one attached hydrogen (secondary N) is 1. The van der Waals surface area contributed by atoms with Crippen molar-refractivity contribution in [2.45, 2.75) is 38.7 Å². The normalized spacial score (nSPS) is 21.7. The Kier molecular flexibility index (Phi) is 7.42. The van der Waals surface area contributed by atoms with Crippen LogP contribution in [0.3, 0.4) is 0 Å². The number of carboxylic acid groups (broad SMARTS) is 1. The van der Waals surface area contributed by atoms with E-state index in [0.29, 0.717) is 47.1 Å². The van der Waals surface area contributed by atoms with Crippen molar-refractivity contribution in [1.29, 1.82) is 0 Å². The van der Waals surface area contributed by atoms with E-state index in [-0.39, 0.29) is 5.43 Å². The Morgan fingerprint density at radius 3 is 2.64 bits per heavy atom. The molecule has 0 amide bonds. The molecule has 3 aliphatic rings. The van der Waals surface area contributed by atoms with Crippen LogP contribution in [0.25, 0.3) is 5.57 Å². The van der Waals surface area contributed by atoms with Crippen molar-refractivity contribution < 1.29 is 19.7 Å². The average molecular weight is 549 g/mol. The van der Waals surface area contributed by atoms with Gasteiger partial charge < -0.3 is 24.8 Å². The Morgan fingerprint density at radius 2 is 1.95 bits per heavy atom. The number of carbonyl (C=O) groups is 1. The van der Waals surface area contributed by atoms with Crippen molar-refractivity contribution in [3.63, 3.8) is 0 Å². The highest BCUT2D eigenvalue weighted by Gasteiger charge is 2.41. The first kappa shape index (κ1) is 27.2. The molecule has 1 saturated heterocycles. The molecule has 0 spiro atoms. The number of aliphatic carboxylic acids is 1. The number of hydrogen-bond donors (Lipinski definition) is 3.